The lowest BCUT2D eigenvalue weighted by atomic mass is 9.46. The first kappa shape index (κ1) is 16.8. The van der Waals surface area contributed by atoms with Crippen LogP contribution in [0, 0.1) is 52.8 Å². The summed E-state index contributed by atoms with van der Waals surface area (Å²) in [5.74, 6) is 6.49. The second-order valence-corrected chi connectivity index (χ2v) is 11.4. The van der Waals surface area contributed by atoms with Crippen molar-refractivity contribution in [3.8, 4) is 0 Å². The van der Waals surface area contributed by atoms with Crippen molar-refractivity contribution in [3.63, 3.8) is 0 Å². The van der Waals surface area contributed by atoms with E-state index in [0.717, 1.165) is 48.3 Å². The molecule has 6 aliphatic carbocycles. The summed E-state index contributed by atoms with van der Waals surface area (Å²) in [7, 11) is 0. The fourth-order valence-electron chi connectivity index (χ4n) is 9.33. The maximum absolute atomic E-state index is 12.1. The van der Waals surface area contributed by atoms with Crippen LogP contribution in [0.2, 0.25) is 0 Å². The molecule has 3 heteroatoms. The minimum Gasteiger partial charge on any atom is -0.365 e. The average molecular weight is 381 g/mol. The first-order chi connectivity index (χ1) is 13.5. The number of aliphatic hydroxyl groups is 1. The van der Waals surface area contributed by atoms with Crippen LogP contribution in [-0.4, -0.2) is 22.8 Å². The molecule has 0 aromatic heterocycles. The third kappa shape index (κ3) is 1.92. The number of carbonyl (C=O) groups is 1. The van der Waals surface area contributed by atoms with Crippen LogP contribution in [0.15, 0.2) is 23.8 Å². The molecule has 0 radical (unpaired) electrons. The maximum atomic E-state index is 12.1. The number of hydrogen-bond donors (Lipinski definition) is 1. The molecular formula is C25H32O3. The highest BCUT2D eigenvalue weighted by Crippen LogP contribution is 2.79. The van der Waals surface area contributed by atoms with E-state index in [1.165, 1.54) is 44.1 Å². The molecule has 1 spiro atoms. The van der Waals surface area contributed by atoms with Crippen LogP contribution in [0.1, 0.15) is 58.3 Å². The zero-order valence-corrected chi connectivity index (χ0v) is 16.8. The van der Waals surface area contributed by atoms with Gasteiger partial charge in [0.2, 0.25) is 0 Å². The first-order valence-electron chi connectivity index (χ1n) is 11.8. The normalized spacial score (nSPS) is 58.8. The molecule has 0 amide bonds. The molecule has 28 heavy (non-hydrogen) atoms. The fraction of sp³-hybridized carbons (Fsp3) is 0.800. The van der Waals surface area contributed by atoms with Gasteiger partial charge in [0.15, 0.2) is 12.1 Å². The third-order valence-corrected chi connectivity index (χ3v) is 10.4. The summed E-state index contributed by atoms with van der Waals surface area (Å²) in [6.07, 6.45) is 15.2. The quantitative estimate of drug-likeness (QED) is 0.691. The van der Waals surface area contributed by atoms with Gasteiger partial charge in [-0.2, -0.15) is 0 Å². The SMILES string of the molecule is C[C@]12CCC3C(C1[C@H]1C[C@H]1[C@@]21C=CC(O)O1)[C@@H](C1CC1)CC1=CC(=O)CC[C@@H]13. The average Bonchev–Trinajstić information content (AvgIpc) is 3.59. The number of hydrogen-bond acceptors (Lipinski definition) is 3. The lowest BCUT2D eigenvalue weighted by molar-refractivity contribution is -0.199. The van der Waals surface area contributed by atoms with Crippen LogP contribution < -0.4 is 0 Å². The summed E-state index contributed by atoms with van der Waals surface area (Å²) in [6, 6.07) is 0. The number of carbonyl (C=O) groups excluding carboxylic acids is 1. The largest absolute Gasteiger partial charge is 0.365 e. The summed E-state index contributed by atoms with van der Waals surface area (Å²) < 4.78 is 6.34. The van der Waals surface area contributed by atoms with Crippen molar-refractivity contribution in [2.24, 2.45) is 52.8 Å². The van der Waals surface area contributed by atoms with Crippen molar-refractivity contribution in [1.82, 2.24) is 0 Å². The molecular weight excluding hydrogens is 348 g/mol. The van der Waals surface area contributed by atoms with Crippen molar-refractivity contribution in [2.75, 3.05) is 0 Å². The van der Waals surface area contributed by atoms with E-state index < -0.39 is 6.29 Å². The van der Waals surface area contributed by atoms with Crippen molar-refractivity contribution in [2.45, 2.75) is 70.2 Å². The van der Waals surface area contributed by atoms with Gasteiger partial charge in [0.25, 0.3) is 0 Å². The van der Waals surface area contributed by atoms with Crippen molar-refractivity contribution >= 4 is 5.78 Å². The molecule has 150 valence electrons. The van der Waals surface area contributed by atoms with Crippen LogP contribution in [0.3, 0.4) is 0 Å². The summed E-state index contributed by atoms with van der Waals surface area (Å²) in [6.45, 7) is 2.50. The molecule has 0 aromatic carbocycles. The van der Waals surface area contributed by atoms with E-state index in [1.54, 1.807) is 0 Å². The highest BCUT2D eigenvalue weighted by atomic mass is 16.6. The molecule has 7 aliphatic rings. The van der Waals surface area contributed by atoms with E-state index in [4.69, 9.17) is 4.74 Å². The lowest BCUT2D eigenvalue weighted by Gasteiger charge is -2.59. The van der Waals surface area contributed by atoms with Crippen LogP contribution in [0.4, 0.5) is 0 Å². The Morgan fingerprint density at radius 2 is 2.00 bits per heavy atom. The molecule has 1 aliphatic heterocycles. The monoisotopic (exact) mass is 380 g/mol. The second kappa shape index (κ2) is 5.21. The number of fused-ring (bicyclic) bond motifs is 9. The Kier molecular flexibility index (Phi) is 3.13. The van der Waals surface area contributed by atoms with E-state index in [2.05, 4.69) is 19.1 Å². The molecule has 5 fully saturated rings. The van der Waals surface area contributed by atoms with Gasteiger partial charge in [0, 0.05) is 11.8 Å². The first-order valence-corrected chi connectivity index (χ1v) is 11.8. The Hall–Kier alpha value is -0.930. The van der Waals surface area contributed by atoms with E-state index in [9.17, 15) is 9.90 Å². The van der Waals surface area contributed by atoms with Crippen molar-refractivity contribution in [3.05, 3.63) is 23.8 Å². The summed E-state index contributed by atoms with van der Waals surface area (Å²) >= 11 is 0. The number of ether oxygens (including phenoxy) is 1. The molecule has 0 bridgehead atoms. The lowest BCUT2D eigenvalue weighted by Crippen LogP contribution is -2.57. The van der Waals surface area contributed by atoms with E-state index in [0.29, 0.717) is 17.6 Å². The topological polar surface area (TPSA) is 46.5 Å². The standard InChI is InChI=1S/C25H32O3/c1-24-8-6-17-16-5-4-15(26)10-14(16)11-18(13-2-3-13)22(17)23(24)19-12-20(19)25(24)9-7-21(27)28-25/h7,9-10,13,16-23,27H,2-6,8,11-12H2,1H3/t16-,17?,18+,19-,20+,21?,22?,23?,24-,25-/m0/s1. The molecule has 5 saturated carbocycles. The van der Waals surface area contributed by atoms with Gasteiger partial charge in [-0.25, -0.2) is 0 Å². The van der Waals surface area contributed by atoms with Gasteiger partial charge in [-0.05, 0) is 104 Å². The molecule has 10 atom stereocenters. The predicted molar refractivity (Wildman–Crippen MR) is 105 cm³/mol. The van der Waals surface area contributed by atoms with Crippen molar-refractivity contribution < 1.29 is 14.6 Å². The van der Waals surface area contributed by atoms with E-state index >= 15 is 0 Å². The van der Waals surface area contributed by atoms with Crippen LogP contribution >= 0.6 is 0 Å². The minimum absolute atomic E-state index is 0.175. The summed E-state index contributed by atoms with van der Waals surface area (Å²) in [4.78, 5) is 12.1. The molecule has 7 rings (SSSR count). The summed E-state index contributed by atoms with van der Waals surface area (Å²) in [5, 5.41) is 10.2. The molecule has 1 N–H and O–H groups in total. The van der Waals surface area contributed by atoms with Crippen LogP contribution in [0.5, 0.6) is 0 Å². The second-order valence-electron chi connectivity index (χ2n) is 11.4. The van der Waals surface area contributed by atoms with Gasteiger partial charge in [0.1, 0.15) is 0 Å². The molecule has 1 heterocycles. The highest BCUT2D eigenvalue weighted by molar-refractivity contribution is 5.91. The Labute approximate surface area is 167 Å². The van der Waals surface area contributed by atoms with Gasteiger partial charge in [-0.1, -0.05) is 18.6 Å². The fourth-order valence-corrected chi connectivity index (χ4v) is 9.33. The van der Waals surface area contributed by atoms with E-state index in [1.807, 2.05) is 6.08 Å². The predicted octanol–water partition coefficient (Wildman–Crippen LogP) is 4.26. The number of aliphatic hydroxyl groups excluding tert-OH is 1. The molecule has 4 unspecified atom stereocenters. The molecule has 3 nitrogen and oxygen atoms in total. The minimum atomic E-state index is -0.709. The zero-order valence-electron chi connectivity index (χ0n) is 16.8. The van der Waals surface area contributed by atoms with Gasteiger partial charge < -0.3 is 9.84 Å². The molecule has 0 saturated heterocycles. The Balaban J connectivity index is 1.32. The smallest absolute Gasteiger partial charge is 0.175 e. The Bertz CT molecular complexity index is 809. The molecule has 0 aromatic rings. The van der Waals surface area contributed by atoms with Gasteiger partial charge >= 0.3 is 0 Å². The maximum Gasteiger partial charge on any atom is 0.175 e. The van der Waals surface area contributed by atoms with Crippen LogP contribution in [0.25, 0.3) is 0 Å². The van der Waals surface area contributed by atoms with E-state index in [-0.39, 0.29) is 11.0 Å². The van der Waals surface area contributed by atoms with Crippen molar-refractivity contribution in [1.29, 1.82) is 0 Å². The number of allylic oxidation sites excluding steroid dienone is 1. The highest BCUT2D eigenvalue weighted by Gasteiger charge is 2.77. The van der Waals surface area contributed by atoms with Gasteiger partial charge in [0.05, 0.1) is 5.60 Å². The van der Waals surface area contributed by atoms with Crippen LogP contribution in [-0.2, 0) is 9.53 Å². The third-order valence-electron chi connectivity index (χ3n) is 10.4. The number of ketones is 1. The zero-order chi connectivity index (χ0) is 18.8. The summed E-state index contributed by atoms with van der Waals surface area (Å²) in [5.41, 5.74) is 1.49. The van der Waals surface area contributed by atoms with Gasteiger partial charge in [-0.15, -0.1) is 0 Å². The Morgan fingerprint density at radius 1 is 1.14 bits per heavy atom. The number of rotatable bonds is 1. The van der Waals surface area contributed by atoms with Gasteiger partial charge in [-0.3, -0.25) is 4.79 Å². The Morgan fingerprint density at radius 3 is 2.75 bits per heavy atom.